The van der Waals surface area contributed by atoms with Gasteiger partial charge in [-0.2, -0.15) is 0 Å². The second kappa shape index (κ2) is 5.83. The summed E-state index contributed by atoms with van der Waals surface area (Å²) in [6.45, 7) is 5.60. The van der Waals surface area contributed by atoms with Crippen LogP contribution in [0.15, 0.2) is 30.3 Å². The van der Waals surface area contributed by atoms with Crippen LogP contribution >= 0.6 is 0 Å². The number of aliphatic hydroxyl groups is 1. The molecule has 3 nitrogen and oxygen atoms in total. The molecule has 1 aromatic carbocycles. The Hall–Kier alpha value is -1.61. The van der Waals surface area contributed by atoms with Crippen molar-refractivity contribution in [2.75, 3.05) is 13.7 Å². The maximum absolute atomic E-state index is 11.9. The lowest BCUT2D eigenvalue weighted by Crippen LogP contribution is -2.47. The Morgan fingerprint density at radius 3 is 2.67 bits per heavy atom. The van der Waals surface area contributed by atoms with Gasteiger partial charge in [-0.05, 0) is 32.4 Å². The third-order valence-corrected chi connectivity index (χ3v) is 3.09. The summed E-state index contributed by atoms with van der Waals surface area (Å²) in [6.07, 6.45) is 3.32. The molecule has 0 fully saturated rings. The van der Waals surface area contributed by atoms with Crippen molar-refractivity contribution < 1.29 is 9.90 Å². The Kier molecular flexibility index (Phi) is 4.68. The average molecular weight is 247 g/mol. The molecule has 0 heterocycles. The Morgan fingerprint density at radius 1 is 1.44 bits per heavy atom. The van der Waals surface area contributed by atoms with Gasteiger partial charge in [0.05, 0.1) is 12.1 Å². The summed E-state index contributed by atoms with van der Waals surface area (Å²) in [5, 5.41) is 9.22. The molecule has 1 aromatic rings. The van der Waals surface area contributed by atoms with Crippen molar-refractivity contribution >= 4 is 12.0 Å². The fourth-order valence-corrected chi connectivity index (χ4v) is 1.46. The first kappa shape index (κ1) is 14.5. The Bertz CT molecular complexity index is 450. The Morgan fingerprint density at radius 2 is 2.11 bits per heavy atom. The predicted octanol–water partition coefficient (Wildman–Crippen LogP) is 2.24. The van der Waals surface area contributed by atoms with Crippen molar-refractivity contribution in [3.63, 3.8) is 0 Å². The Labute approximate surface area is 109 Å². The first-order valence-electron chi connectivity index (χ1n) is 6.00. The van der Waals surface area contributed by atoms with Gasteiger partial charge in [0.25, 0.3) is 0 Å². The Balaban J connectivity index is 2.76. The van der Waals surface area contributed by atoms with E-state index in [2.05, 4.69) is 0 Å². The van der Waals surface area contributed by atoms with Gasteiger partial charge < -0.3 is 10.0 Å². The zero-order chi connectivity index (χ0) is 13.8. The molecule has 3 heteroatoms. The van der Waals surface area contributed by atoms with E-state index in [0.717, 1.165) is 11.1 Å². The molecule has 0 bridgehead atoms. The fourth-order valence-electron chi connectivity index (χ4n) is 1.46. The van der Waals surface area contributed by atoms with Crippen molar-refractivity contribution in [2.45, 2.75) is 26.3 Å². The molecule has 18 heavy (non-hydrogen) atoms. The van der Waals surface area contributed by atoms with Crippen LogP contribution in [-0.2, 0) is 4.79 Å². The molecule has 0 saturated carbocycles. The van der Waals surface area contributed by atoms with Gasteiger partial charge in [0.15, 0.2) is 0 Å². The average Bonchev–Trinajstić information content (AvgIpc) is 2.35. The van der Waals surface area contributed by atoms with Gasteiger partial charge >= 0.3 is 0 Å². The molecule has 1 N–H and O–H groups in total. The second-order valence-electron chi connectivity index (χ2n) is 5.12. The summed E-state index contributed by atoms with van der Waals surface area (Å²) in [5.74, 6) is -0.115. The molecule has 0 aliphatic rings. The summed E-state index contributed by atoms with van der Waals surface area (Å²) in [5.41, 5.74) is 1.61. The first-order chi connectivity index (χ1) is 8.36. The number of likely N-dealkylation sites (N-methyl/N-ethyl adjacent to an activating group) is 1. The van der Waals surface area contributed by atoms with Crippen LogP contribution in [0.5, 0.6) is 0 Å². The maximum Gasteiger partial charge on any atom is 0.246 e. The lowest BCUT2D eigenvalue weighted by atomic mass is 10.0. The number of nitrogens with zero attached hydrogens (tertiary/aromatic N) is 1. The number of amides is 1. The van der Waals surface area contributed by atoms with Gasteiger partial charge in [-0.1, -0.05) is 29.8 Å². The minimum absolute atomic E-state index is 0.0620. The summed E-state index contributed by atoms with van der Waals surface area (Å²) < 4.78 is 0. The second-order valence-corrected chi connectivity index (χ2v) is 5.12. The van der Waals surface area contributed by atoms with E-state index in [1.165, 1.54) is 6.08 Å². The SMILES string of the molecule is Cc1cccc(/C=C/C(=O)N(C)C(C)(C)CO)c1. The molecular weight excluding hydrogens is 226 g/mol. The summed E-state index contributed by atoms with van der Waals surface area (Å²) >= 11 is 0. The highest BCUT2D eigenvalue weighted by molar-refractivity contribution is 5.92. The van der Waals surface area contributed by atoms with Crippen molar-refractivity contribution in [2.24, 2.45) is 0 Å². The third kappa shape index (κ3) is 3.70. The minimum Gasteiger partial charge on any atom is -0.394 e. The van der Waals surface area contributed by atoms with Crippen LogP contribution < -0.4 is 0 Å². The zero-order valence-corrected chi connectivity index (χ0v) is 11.5. The zero-order valence-electron chi connectivity index (χ0n) is 11.5. The molecule has 0 aromatic heterocycles. The van der Waals surface area contributed by atoms with Crippen molar-refractivity contribution in [1.82, 2.24) is 4.90 Å². The molecule has 0 radical (unpaired) electrons. The number of hydrogen-bond acceptors (Lipinski definition) is 2. The summed E-state index contributed by atoms with van der Waals surface area (Å²) in [6, 6.07) is 7.94. The summed E-state index contributed by atoms with van der Waals surface area (Å²) in [4.78, 5) is 13.5. The van der Waals surface area contributed by atoms with Crippen molar-refractivity contribution in [3.05, 3.63) is 41.5 Å². The highest BCUT2D eigenvalue weighted by Crippen LogP contribution is 2.12. The molecule has 0 atom stereocenters. The van der Waals surface area contributed by atoms with Gasteiger partial charge in [0, 0.05) is 13.1 Å². The van der Waals surface area contributed by atoms with Crippen LogP contribution in [0, 0.1) is 6.92 Å². The number of aryl methyl sites for hydroxylation is 1. The fraction of sp³-hybridized carbons (Fsp3) is 0.400. The quantitative estimate of drug-likeness (QED) is 0.829. The third-order valence-electron chi connectivity index (χ3n) is 3.09. The van der Waals surface area contributed by atoms with E-state index in [-0.39, 0.29) is 12.5 Å². The molecule has 98 valence electrons. The number of carbonyl (C=O) groups excluding carboxylic acids is 1. The normalized spacial score (nSPS) is 11.8. The van der Waals surface area contributed by atoms with Gasteiger partial charge in [0.1, 0.15) is 0 Å². The lowest BCUT2D eigenvalue weighted by Gasteiger charge is -2.33. The summed E-state index contributed by atoms with van der Waals surface area (Å²) in [7, 11) is 1.69. The maximum atomic E-state index is 11.9. The van der Waals surface area contributed by atoms with Crippen LogP contribution in [0.1, 0.15) is 25.0 Å². The van der Waals surface area contributed by atoms with Gasteiger partial charge in [-0.15, -0.1) is 0 Å². The molecule has 1 amide bonds. The number of aliphatic hydroxyl groups excluding tert-OH is 1. The van der Waals surface area contributed by atoms with Crippen LogP contribution in [0.25, 0.3) is 6.08 Å². The number of benzene rings is 1. The molecular formula is C15H21NO2. The van der Waals surface area contributed by atoms with Crippen molar-refractivity contribution in [1.29, 1.82) is 0 Å². The molecule has 1 rings (SSSR count). The number of carbonyl (C=O) groups is 1. The molecule has 0 aliphatic heterocycles. The molecule has 0 saturated heterocycles. The van der Waals surface area contributed by atoms with E-state index < -0.39 is 5.54 Å². The topological polar surface area (TPSA) is 40.5 Å². The predicted molar refractivity (Wildman–Crippen MR) is 74.1 cm³/mol. The smallest absolute Gasteiger partial charge is 0.246 e. The minimum atomic E-state index is -0.548. The van der Waals surface area contributed by atoms with Crippen LogP contribution in [0.2, 0.25) is 0 Å². The van der Waals surface area contributed by atoms with E-state index in [9.17, 15) is 9.90 Å². The van der Waals surface area contributed by atoms with Crippen molar-refractivity contribution in [3.8, 4) is 0 Å². The number of hydrogen-bond donors (Lipinski definition) is 1. The van der Waals surface area contributed by atoms with Crippen LogP contribution in [0.3, 0.4) is 0 Å². The van der Waals surface area contributed by atoms with Crippen LogP contribution in [0.4, 0.5) is 0 Å². The van der Waals surface area contributed by atoms with E-state index in [1.807, 2.05) is 45.0 Å². The molecule has 0 unspecified atom stereocenters. The standard InChI is InChI=1S/C15H21NO2/c1-12-6-5-7-13(10-12)8-9-14(18)16(4)15(2,3)11-17/h5-10,17H,11H2,1-4H3/b9-8+. The van der Waals surface area contributed by atoms with E-state index in [1.54, 1.807) is 18.0 Å². The van der Waals surface area contributed by atoms with E-state index >= 15 is 0 Å². The highest BCUT2D eigenvalue weighted by atomic mass is 16.3. The largest absolute Gasteiger partial charge is 0.394 e. The first-order valence-corrected chi connectivity index (χ1v) is 6.00. The monoisotopic (exact) mass is 247 g/mol. The van der Waals surface area contributed by atoms with Gasteiger partial charge in [-0.25, -0.2) is 0 Å². The van der Waals surface area contributed by atoms with E-state index in [0.29, 0.717) is 0 Å². The highest BCUT2D eigenvalue weighted by Gasteiger charge is 2.25. The van der Waals surface area contributed by atoms with Crippen LogP contribution in [-0.4, -0.2) is 35.1 Å². The van der Waals surface area contributed by atoms with Gasteiger partial charge in [-0.3, -0.25) is 4.79 Å². The van der Waals surface area contributed by atoms with E-state index in [4.69, 9.17) is 0 Å². The number of rotatable bonds is 4. The molecule has 0 spiro atoms. The van der Waals surface area contributed by atoms with Gasteiger partial charge in [0.2, 0.25) is 5.91 Å². The lowest BCUT2D eigenvalue weighted by molar-refractivity contribution is -0.130. The molecule has 0 aliphatic carbocycles.